The molecule has 3 rings (SSSR count). The molecule has 1 aromatic carbocycles. The third-order valence-corrected chi connectivity index (χ3v) is 4.42. The first kappa shape index (κ1) is 19.4. The average Bonchev–Trinajstić information content (AvgIpc) is 3.14. The van der Waals surface area contributed by atoms with Crippen LogP contribution in [0.1, 0.15) is 37.2 Å². The van der Waals surface area contributed by atoms with Gasteiger partial charge in [-0.25, -0.2) is 0 Å². The summed E-state index contributed by atoms with van der Waals surface area (Å²) < 4.78 is 16.8. The Labute approximate surface area is 159 Å². The molecule has 144 valence electrons. The molecule has 0 atom stereocenters. The van der Waals surface area contributed by atoms with Crippen molar-refractivity contribution >= 4 is 11.0 Å². The van der Waals surface area contributed by atoms with Crippen molar-refractivity contribution < 1.29 is 13.6 Å². The molecular weight excluding hydrogens is 342 g/mol. The van der Waals surface area contributed by atoms with Gasteiger partial charge in [-0.1, -0.05) is 11.6 Å². The van der Waals surface area contributed by atoms with Crippen molar-refractivity contribution in [3.8, 4) is 0 Å². The Morgan fingerprint density at radius 1 is 1.15 bits per heavy atom. The summed E-state index contributed by atoms with van der Waals surface area (Å²) in [6.07, 6.45) is 4.36. The highest BCUT2D eigenvalue weighted by atomic mass is 16.5. The summed E-state index contributed by atoms with van der Waals surface area (Å²) in [4.78, 5) is 15.1. The molecule has 0 fully saturated rings. The van der Waals surface area contributed by atoms with Crippen molar-refractivity contribution in [1.29, 1.82) is 0 Å². The Bertz CT molecular complexity index is 912. The third-order valence-electron chi connectivity index (χ3n) is 4.42. The Morgan fingerprint density at radius 3 is 2.74 bits per heavy atom. The molecular formula is C22H27NO4. The molecule has 0 saturated carbocycles. The van der Waals surface area contributed by atoms with Gasteiger partial charge in [0.2, 0.25) is 0 Å². The molecule has 0 aliphatic heterocycles. The lowest BCUT2D eigenvalue weighted by atomic mass is 10.1. The molecule has 27 heavy (non-hydrogen) atoms. The van der Waals surface area contributed by atoms with E-state index in [0.717, 1.165) is 24.3 Å². The molecule has 0 aliphatic rings. The van der Waals surface area contributed by atoms with Crippen LogP contribution in [0, 0.1) is 6.92 Å². The van der Waals surface area contributed by atoms with Crippen molar-refractivity contribution in [1.82, 2.24) is 4.90 Å². The van der Waals surface area contributed by atoms with E-state index in [0.29, 0.717) is 36.2 Å². The minimum Gasteiger partial charge on any atom is -0.468 e. The number of aryl methyl sites for hydroxylation is 1. The van der Waals surface area contributed by atoms with Gasteiger partial charge in [-0.2, -0.15) is 0 Å². The zero-order valence-corrected chi connectivity index (χ0v) is 16.2. The number of rotatable bonds is 9. The van der Waals surface area contributed by atoms with Crippen molar-refractivity contribution in [3.05, 3.63) is 70.0 Å². The van der Waals surface area contributed by atoms with E-state index < -0.39 is 0 Å². The van der Waals surface area contributed by atoms with Crippen LogP contribution in [0.4, 0.5) is 0 Å². The maximum atomic E-state index is 12.9. The van der Waals surface area contributed by atoms with Gasteiger partial charge in [-0.3, -0.25) is 9.69 Å². The largest absolute Gasteiger partial charge is 0.468 e. The normalized spacial score (nSPS) is 11.7. The number of hydrogen-bond donors (Lipinski definition) is 0. The minimum absolute atomic E-state index is 0.0304. The van der Waals surface area contributed by atoms with Crippen molar-refractivity contribution in [2.45, 2.75) is 46.4 Å². The second kappa shape index (κ2) is 9.02. The molecule has 0 radical (unpaired) electrons. The molecule has 2 heterocycles. The van der Waals surface area contributed by atoms with Crippen LogP contribution in [0.25, 0.3) is 11.0 Å². The standard InChI is InChI=1S/C22H27NO4/c1-16(2)25-11-5-9-23(14-19-6-4-10-26-19)13-18-15-27-21-8-7-17(3)12-20(21)22(18)24/h4,6-8,10,12,15-16H,5,9,11,13-14H2,1-3H3. The molecule has 3 aromatic rings. The van der Waals surface area contributed by atoms with Gasteiger partial charge in [-0.05, 0) is 51.5 Å². The van der Waals surface area contributed by atoms with Crippen LogP contribution in [-0.2, 0) is 17.8 Å². The van der Waals surface area contributed by atoms with E-state index in [4.69, 9.17) is 13.6 Å². The number of benzene rings is 1. The summed E-state index contributed by atoms with van der Waals surface area (Å²) in [7, 11) is 0. The SMILES string of the molecule is Cc1ccc2occ(CN(CCCOC(C)C)Cc3ccco3)c(=O)c2c1. The lowest BCUT2D eigenvalue weighted by Gasteiger charge is -2.21. The van der Waals surface area contributed by atoms with E-state index in [1.54, 1.807) is 12.5 Å². The minimum atomic E-state index is 0.0304. The predicted molar refractivity (Wildman–Crippen MR) is 106 cm³/mol. The predicted octanol–water partition coefficient (Wildman–Crippen LogP) is 4.51. The molecule has 0 bridgehead atoms. The van der Waals surface area contributed by atoms with Crippen LogP contribution in [0.15, 0.2) is 56.5 Å². The van der Waals surface area contributed by atoms with Gasteiger partial charge >= 0.3 is 0 Å². The summed E-state index contributed by atoms with van der Waals surface area (Å²) in [6, 6.07) is 9.51. The lowest BCUT2D eigenvalue weighted by Crippen LogP contribution is -2.27. The Balaban J connectivity index is 1.77. The number of fused-ring (bicyclic) bond motifs is 1. The van der Waals surface area contributed by atoms with Gasteiger partial charge in [0.15, 0.2) is 5.43 Å². The highest BCUT2D eigenvalue weighted by molar-refractivity contribution is 5.77. The van der Waals surface area contributed by atoms with E-state index in [1.807, 2.05) is 51.1 Å². The fourth-order valence-electron chi connectivity index (χ4n) is 3.08. The van der Waals surface area contributed by atoms with E-state index in [9.17, 15) is 4.79 Å². The molecule has 0 amide bonds. The molecule has 0 spiro atoms. The smallest absolute Gasteiger partial charge is 0.197 e. The average molecular weight is 369 g/mol. The first-order valence-electron chi connectivity index (χ1n) is 9.40. The van der Waals surface area contributed by atoms with Crippen molar-refractivity contribution in [2.75, 3.05) is 13.2 Å². The topological polar surface area (TPSA) is 55.8 Å². The quantitative estimate of drug-likeness (QED) is 0.519. The third kappa shape index (κ3) is 5.31. The molecule has 0 saturated heterocycles. The Kier molecular flexibility index (Phi) is 6.48. The first-order chi connectivity index (χ1) is 13.0. The number of furan rings is 1. The van der Waals surface area contributed by atoms with Crippen LogP contribution >= 0.6 is 0 Å². The monoisotopic (exact) mass is 369 g/mol. The van der Waals surface area contributed by atoms with E-state index in [1.165, 1.54) is 0 Å². The highest BCUT2D eigenvalue weighted by Crippen LogP contribution is 2.15. The Hall–Kier alpha value is -2.37. The van der Waals surface area contributed by atoms with Crippen LogP contribution in [0.2, 0.25) is 0 Å². The van der Waals surface area contributed by atoms with E-state index in [-0.39, 0.29) is 11.5 Å². The maximum absolute atomic E-state index is 12.9. The van der Waals surface area contributed by atoms with Gasteiger partial charge < -0.3 is 13.6 Å². The van der Waals surface area contributed by atoms with Gasteiger partial charge in [-0.15, -0.1) is 0 Å². The second-order valence-corrected chi connectivity index (χ2v) is 7.15. The van der Waals surface area contributed by atoms with E-state index >= 15 is 0 Å². The molecule has 0 unspecified atom stereocenters. The van der Waals surface area contributed by atoms with Crippen LogP contribution in [0.5, 0.6) is 0 Å². The van der Waals surface area contributed by atoms with Gasteiger partial charge in [0.1, 0.15) is 11.3 Å². The summed E-state index contributed by atoms with van der Waals surface area (Å²) >= 11 is 0. The van der Waals surface area contributed by atoms with Crippen molar-refractivity contribution in [3.63, 3.8) is 0 Å². The maximum Gasteiger partial charge on any atom is 0.197 e. The van der Waals surface area contributed by atoms with E-state index in [2.05, 4.69) is 4.90 Å². The molecule has 2 aromatic heterocycles. The number of nitrogens with zero attached hydrogens (tertiary/aromatic N) is 1. The highest BCUT2D eigenvalue weighted by Gasteiger charge is 2.14. The number of hydrogen-bond acceptors (Lipinski definition) is 5. The van der Waals surface area contributed by atoms with Gasteiger partial charge in [0.05, 0.1) is 30.6 Å². The summed E-state index contributed by atoms with van der Waals surface area (Å²) in [6.45, 7) is 8.68. The summed E-state index contributed by atoms with van der Waals surface area (Å²) in [5, 5.41) is 0.633. The summed E-state index contributed by atoms with van der Waals surface area (Å²) in [5.41, 5.74) is 2.36. The molecule has 0 N–H and O–H groups in total. The molecule has 5 heteroatoms. The Morgan fingerprint density at radius 2 is 2.00 bits per heavy atom. The fraction of sp³-hybridized carbons (Fsp3) is 0.409. The van der Waals surface area contributed by atoms with Crippen molar-refractivity contribution in [2.24, 2.45) is 0 Å². The summed E-state index contributed by atoms with van der Waals surface area (Å²) in [5.74, 6) is 0.876. The zero-order valence-electron chi connectivity index (χ0n) is 16.2. The molecule has 5 nitrogen and oxygen atoms in total. The first-order valence-corrected chi connectivity index (χ1v) is 9.40. The van der Waals surface area contributed by atoms with Crippen LogP contribution in [0.3, 0.4) is 0 Å². The van der Waals surface area contributed by atoms with Gasteiger partial charge in [0, 0.05) is 25.3 Å². The van der Waals surface area contributed by atoms with Crippen LogP contribution < -0.4 is 5.43 Å². The fourth-order valence-corrected chi connectivity index (χ4v) is 3.08. The lowest BCUT2D eigenvalue weighted by molar-refractivity contribution is 0.0686. The van der Waals surface area contributed by atoms with Gasteiger partial charge in [0.25, 0.3) is 0 Å². The zero-order chi connectivity index (χ0) is 19.2. The number of ether oxygens (including phenoxy) is 1. The molecule has 0 aliphatic carbocycles. The van der Waals surface area contributed by atoms with Crippen LogP contribution in [-0.4, -0.2) is 24.2 Å². The second-order valence-electron chi connectivity index (χ2n) is 7.15.